The number of halogens is 1. The van der Waals surface area contributed by atoms with E-state index in [4.69, 9.17) is 5.21 Å². The van der Waals surface area contributed by atoms with Crippen LogP contribution in [0.3, 0.4) is 0 Å². The summed E-state index contributed by atoms with van der Waals surface area (Å²) in [6.07, 6.45) is 5.88. The van der Waals surface area contributed by atoms with Gasteiger partial charge in [-0.3, -0.25) is 14.9 Å². The molecule has 0 radical (unpaired) electrons. The van der Waals surface area contributed by atoms with E-state index in [-0.39, 0.29) is 5.82 Å². The highest BCUT2D eigenvalue weighted by Gasteiger charge is 2.25. The van der Waals surface area contributed by atoms with Gasteiger partial charge in [0.15, 0.2) is 0 Å². The van der Waals surface area contributed by atoms with Crippen LogP contribution in [0.4, 0.5) is 4.39 Å². The average molecular weight is 354 g/mol. The number of hydrogen-bond donors (Lipinski definition) is 2. The molecule has 1 aliphatic heterocycles. The monoisotopic (exact) mass is 354 g/mol. The Morgan fingerprint density at radius 1 is 1.23 bits per heavy atom. The topological polar surface area (TPSA) is 52.6 Å². The van der Waals surface area contributed by atoms with Crippen LogP contribution in [0.5, 0.6) is 0 Å². The smallest absolute Gasteiger partial charge is 0.267 e. The third kappa shape index (κ3) is 4.56. The molecule has 1 fully saturated rings. The highest BCUT2D eigenvalue weighted by molar-refractivity contribution is 5.90. The number of likely N-dealkylation sites (tertiary alicyclic amines) is 1. The molecule has 1 aliphatic rings. The molecule has 1 saturated heterocycles. The molecule has 2 aromatic rings. The molecule has 4 nitrogen and oxygen atoms in total. The maximum Gasteiger partial charge on any atom is 0.267 e. The molecule has 26 heavy (non-hydrogen) atoms. The number of benzene rings is 2. The first kappa shape index (κ1) is 18.3. The Morgan fingerprint density at radius 3 is 2.73 bits per heavy atom. The summed E-state index contributed by atoms with van der Waals surface area (Å²) in [5, 5.41) is 8.50. The normalized spacial score (nSPS) is 17.7. The number of hydrogen-bond acceptors (Lipinski definition) is 3. The first-order valence-electron chi connectivity index (χ1n) is 8.87. The van der Waals surface area contributed by atoms with Gasteiger partial charge in [-0.2, -0.15) is 0 Å². The van der Waals surface area contributed by atoms with Crippen molar-refractivity contribution in [2.45, 2.75) is 25.3 Å². The fourth-order valence-corrected chi connectivity index (χ4v) is 3.47. The predicted molar refractivity (Wildman–Crippen MR) is 99.1 cm³/mol. The lowest BCUT2D eigenvalue weighted by Crippen LogP contribution is -2.26. The molecule has 0 bridgehead atoms. The van der Waals surface area contributed by atoms with Gasteiger partial charge in [-0.1, -0.05) is 42.5 Å². The third-order valence-corrected chi connectivity index (χ3v) is 4.85. The van der Waals surface area contributed by atoms with Gasteiger partial charge < -0.3 is 0 Å². The standard InChI is InChI=1S/C21H23FN2O2/c22-19-5-2-1-4-17(19)13-15-24-14-3-6-20(24)18-10-7-16(8-11-18)9-12-21(25)23-26/h1-2,4-5,7-12,20,26H,3,6,13-15H2,(H,23,25)/b12-9+. The zero-order valence-corrected chi connectivity index (χ0v) is 14.6. The summed E-state index contributed by atoms with van der Waals surface area (Å²) < 4.78 is 13.8. The Kier molecular flexibility index (Phi) is 6.15. The number of amides is 1. The second-order valence-corrected chi connectivity index (χ2v) is 6.51. The van der Waals surface area contributed by atoms with Gasteiger partial charge in [0.1, 0.15) is 5.82 Å². The summed E-state index contributed by atoms with van der Waals surface area (Å²) in [5.74, 6) is -0.685. The minimum absolute atomic E-state index is 0.133. The number of nitrogens with zero attached hydrogens (tertiary/aromatic N) is 1. The molecule has 1 unspecified atom stereocenters. The summed E-state index contributed by atoms with van der Waals surface area (Å²) in [4.78, 5) is 13.4. The molecule has 136 valence electrons. The van der Waals surface area contributed by atoms with Gasteiger partial charge in [0.2, 0.25) is 0 Å². The molecule has 1 heterocycles. The zero-order chi connectivity index (χ0) is 18.4. The van der Waals surface area contributed by atoms with Gasteiger partial charge >= 0.3 is 0 Å². The Hall–Kier alpha value is -2.50. The fourth-order valence-electron chi connectivity index (χ4n) is 3.47. The number of nitrogens with one attached hydrogen (secondary N) is 1. The van der Waals surface area contributed by atoms with E-state index in [0.717, 1.165) is 37.1 Å². The van der Waals surface area contributed by atoms with Crippen molar-refractivity contribution < 1.29 is 14.4 Å². The van der Waals surface area contributed by atoms with Crippen molar-refractivity contribution in [3.05, 3.63) is 77.1 Å². The van der Waals surface area contributed by atoms with Crippen molar-refractivity contribution in [3.8, 4) is 0 Å². The van der Waals surface area contributed by atoms with Crippen LogP contribution in [0.2, 0.25) is 0 Å². The van der Waals surface area contributed by atoms with Crippen molar-refractivity contribution >= 4 is 12.0 Å². The first-order valence-corrected chi connectivity index (χ1v) is 8.87. The zero-order valence-electron chi connectivity index (χ0n) is 14.6. The van der Waals surface area contributed by atoms with Crippen LogP contribution in [-0.2, 0) is 11.2 Å². The molecule has 2 N–H and O–H groups in total. The van der Waals surface area contributed by atoms with E-state index in [0.29, 0.717) is 12.5 Å². The van der Waals surface area contributed by atoms with Crippen LogP contribution in [0, 0.1) is 5.82 Å². The summed E-state index contributed by atoms with van der Waals surface area (Å²) in [7, 11) is 0. The molecule has 0 saturated carbocycles. The summed E-state index contributed by atoms with van der Waals surface area (Å²) >= 11 is 0. The van der Waals surface area contributed by atoms with Gasteiger partial charge in [-0.05, 0) is 54.6 Å². The van der Waals surface area contributed by atoms with E-state index in [2.05, 4.69) is 17.0 Å². The summed E-state index contributed by atoms with van der Waals surface area (Å²) in [5.41, 5.74) is 4.47. The van der Waals surface area contributed by atoms with Crippen LogP contribution in [0.1, 0.15) is 35.6 Å². The van der Waals surface area contributed by atoms with E-state index in [9.17, 15) is 9.18 Å². The van der Waals surface area contributed by atoms with Crippen molar-refractivity contribution in [1.82, 2.24) is 10.4 Å². The maximum absolute atomic E-state index is 13.8. The summed E-state index contributed by atoms with van der Waals surface area (Å²) in [6, 6.07) is 15.4. The largest absolute Gasteiger partial charge is 0.296 e. The quantitative estimate of drug-likeness (QED) is 0.472. The minimum atomic E-state index is -0.552. The van der Waals surface area contributed by atoms with Crippen molar-refractivity contribution in [3.63, 3.8) is 0 Å². The lowest BCUT2D eigenvalue weighted by Gasteiger charge is -2.25. The first-order chi connectivity index (χ1) is 12.7. The Balaban J connectivity index is 1.63. The molecule has 3 rings (SSSR count). The van der Waals surface area contributed by atoms with Crippen molar-refractivity contribution in [2.75, 3.05) is 13.1 Å². The van der Waals surface area contributed by atoms with E-state index < -0.39 is 5.91 Å². The van der Waals surface area contributed by atoms with Gasteiger partial charge in [-0.25, -0.2) is 9.87 Å². The Morgan fingerprint density at radius 2 is 2.00 bits per heavy atom. The molecule has 0 aromatic heterocycles. The lowest BCUT2D eigenvalue weighted by molar-refractivity contribution is -0.124. The summed E-state index contributed by atoms with van der Waals surface area (Å²) in [6.45, 7) is 1.86. The van der Waals surface area contributed by atoms with Gasteiger partial charge in [-0.15, -0.1) is 0 Å². The molecular weight excluding hydrogens is 331 g/mol. The molecule has 0 aliphatic carbocycles. The van der Waals surface area contributed by atoms with E-state index >= 15 is 0 Å². The van der Waals surface area contributed by atoms with Crippen LogP contribution >= 0.6 is 0 Å². The molecule has 1 atom stereocenters. The number of hydroxylamine groups is 1. The van der Waals surface area contributed by atoms with Crippen LogP contribution in [-0.4, -0.2) is 29.1 Å². The molecule has 0 spiro atoms. The van der Waals surface area contributed by atoms with Crippen LogP contribution < -0.4 is 5.48 Å². The third-order valence-electron chi connectivity index (χ3n) is 4.85. The fraction of sp³-hybridized carbons (Fsp3) is 0.286. The highest BCUT2D eigenvalue weighted by atomic mass is 19.1. The van der Waals surface area contributed by atoms with Gasteiger partial charge in [0.05, 0.1) is 0 Å². The van der Waals surface area contributed by atoms with Crippen LogP contribution in [0.15, 0.2) is 54.6 Å². The van der Waals surface area contributed by atoms with Gasteiger partial charge in [0.25, 0.3) is 5.91 Å². The minimum Gasteiger partial charge on any atom is -0.296 e. The second-order valence-electron chi connectivity index (χ2n) is 6.51. The van der Waals surface area contributed by atoms with Crippen LogP contribution in [0.25, 0.3) is 6.08 Å². The molecule has 5 heteroatoms. The SMILES string of the molecule is O=C(/C=C/c1ccc(C2CCCN2CCc2ccccc2F)cc1)NO. The molecular formula is C21H23FN2O2. The van der Waals surface area contributed by atoms with Gasteiger partial charge in [0, 0.05) is 18.7 Å². The Bertz CT molecular complexity index is 774. The second kappa shape index (κ2) is 8.74. The van der Waals surface area contributed by atoms with E-state index in [1.807, 2.05) is 24.3 Å². The maximum atomic E-state index is 13.8. The number of carbonyl (C=O) groups is 1. The van der Waals surface area contributed by atoms with Crippen molar-refractivity contribution in [1.29, 1.82) is 0 Å². The predicted octanol–water partition coefficient (Wildman–Crippen LogP) is 3.72. The lowest BCUT2D eigenvalue weighted by atomic mass is 10.0. The molecule has 2 aromatic carbocycles. The average Bonchev–Trinajstić information content (AvgIpc) is 3.14. The number of rotatable bonds is 6. The highest BCUT2D eigenvalue weighted by Crippen LogP contribution is 2.32. The Labute approximate surface area is 152 Å². The number of carbonyl (C=O) groups excluding carboxylic acids is 1. The molecule has 1 amide bonds. The van der Waals surface area contributed by atoms with Crippen molar-refractivity contribution in [2.24, 2.45) is 0 Å². The van der Waals surface area contributed by atoms with E-state index in [1.54, 1.807) is 17.6 Å². The van der Waals surface area contributed by atoms with E-state index in [1.165, 1.54) is 17.7 Å².